The third-order valence-corrected chi connectivity index (χ3v) is 13.4. The molecule has 5 aromatic rings. The van der Waals surface area contributed by atoms with Crippen LogP contribution in [0.5, 0.6) is 23.0 Å². The molecule has 21 heteroatoms. The summed E-state index contributed by atoms with van der Waals surface area (Å²) in [6.07, 6.45) is 12.2. The number of aliphatic carboxylic acids is 2. The molecule has 0 saturated carbocycles. The number of allylic oxidation sites excluding steroid dienone is 1. The Balaban J connectivity index is 1.38. The summed E-state index contributed by atoms with van der Waals surface area (Å²) in [5.41, 5.74) is 8.52. The lowest BCUT2D eigenvalue weighted by molar-refractivity contribution is -0.140. The molecule has 0 radical (unpaired) electrons. The standard InChI is InChI=1S/C55H65Cl2N5O12S2/c1-9-42(61-75(5,6)69)20-34(2)30-71-50-24-52(46(56)22-40(50)27-59-48(16-18-63)54(65)66)73-32-38-12-10-14-44(35(38)3)45-15-11-13-39(36(45)4)33-74-53-25-51(41(23-47(53)57)28-60-49(17-19-64)55(67)68)72-31-37-21-43(29-58-26-37)62-76(7,8)70/h9-15,20-26,29,48-49,59-60,63-64H,1-2,16-19,27-28,30-33H2,3-8H3,(H,65,66)(H,67,68)/b42-20+/t48-,49-/m1/s1. The first-order valence-corrected chi connectivity index (χ1v) is 29.2. The molecule has 0 bridgehead atoms. The highest BCUT2D eigenvalue weighted by molar-refractivity contribution is 7.92. The number of aliphatic hydroxyl groups excluding tert-OH is 2. The lowest BCUT2D eigenvalue weighted by Gasteiger charge is -2.20. The molecule has 2 atom stereocenters. The normalized spacial score (nSPS) is 12.6. The van der Waals surface area contributed by atoms with E-state index in [9.17, 15) is 38.4 Å². The number of aliphatic hydroxyl groups is 2. The third-order valence-electron chi connectivity index (χ3n) is 11.5. The maximum atomic E-state index is 12.4. The number of ether oxygens (including phenoxy) is 4. The lowest BCUT2D eigenvalue weighted by atomic mass is 9.92. The molecule has 408 valence electrons. The Bertz CT molecular complexity index is 3210. The van der Waals surface area contributed by atoms with E-state index < -0.39 is 43.5 Å². The van der Waals surface area contributed by atoms with E-state index >= 15 is 0 Å². The van der Waals surface area contributed by atoms with Gasteiger partial charge in [-0.05, 0) is 96.0 Å². The second-order valence-electron chi connectivity index (χ2n) is 18.2. The van der Waals surface area contributed by atoms with Gasteiger partial charge >= 0.3 is 11.9 Å². The van der Waals surface area contributed by atoms with Crippen LogP contribution in [0.4, 0.5) is 5.69 Å². The number of nitrogens with zero attached hydrogens (tertiary/aromatic N) is 3. The first-order chi connectivity index (χ1) is 36.0. The fraction of sp³-hybridized carbons (Fsp3) is 0.327. The minimum absolute atomic E-state index is 0.0124. The first-order valence-electron chi connectivity index (χ1n) is 23.8. The van der Waals surface area contributed by atoms with E-state index in [2.05, 4.69) is 37.5 Å². The van der Waals surface area contributed by atoms with Crippen LogP contribution in [0.1, 0.15) is 51.8 Å². The number of carbonyl (C=O) groups is 2. The molecule has 6 N–H and O–H groups in total. The largest absolute Gasteiger partial charge is 0.488 e. The first kappa shape index (κ1) is 60.6. The van der Waals surface area contributed by atoms with Gasteiger partial charge in [0, 0.05) is 106 Å². The van der Waals surface area contributed by atoms with Gasteiger partial charge in [-0.3, -0.25) is 14.6 Å². The highest BCUT2D eigenvalue weighted by atomic mass is 35.5. The summed E-state index contributed by atoms with van der Waals surface area (Å²) < 4.78 is 58.4. The van der Waals surface area contributed by atoms with Gasteiger partial charge in [-0.1, -0.05) is 72.8 Å². The highest BCUT2D eigenvalue weighted by Gasteiger charge is 2.21. The zero-order valence-corrected chi connectivity index (χ0v) is 46.4. The van der Waals surface area contributed by atoms with Crippen molar-refractivity contribution in [3.8, 4) is 34.1 Å². The van der Waals surface area contributed by atoms with Crippen LogP contribution < -0.4 is 29.6 Å². The SMILES string of the molecule is C=C/C(=C\C(=C)COc1cc(OCc2cccc(-c3cccc(COc4cc(OCc5cncc(N=S(C)(C)=O)c5)c(CN[C@H](CCO)C(=O)O)cc4Cl)c3C)c2C)c(Cl)cc1CN[C@H](CCO)C(=O)O)N=S(C)(C)=O. The van der Waals surface area contributed by atoms with Crippen molar-refractivity contribution in [2.24, 2.45) is 8.73 Å². The van der Waals surface area contributed by atoms with Crippen molar-refractivity contribution in [1.82, 2.24) is 15.6 Å². The number of rotatable bonds is 29. The predicted octanol–water partition coefficient (Wildman–Crippen LogP) is 9.35. The fourth-order valence-electron chi connectivity index (χ4n) is 7.66. The number of nitrogens with one attached hydrogen (secondary N) is 2. The molecule has 5 rings (SSSR count). The van der Waals surface area contributed by atoms with E-state index in [1.165, 1.54) is 37.3 Å². The van der Waals surface area contributed by atoms with Crippen LogP contribution >= 0.6 is 23.2 Å². The number of hydrogen-bond donors (Lipinski definition) is 6. The molecule has 1 heterocycles. The number of carboxylic acids is 2. The van der Waals surface area contributed by atoms with Crippen LogP contribution in [0.2, 0.25) is 10.0 Å². The Kier molecular flexibility index (Phi) is 22.5. The zero-order valence-electron chi connectivity index (χ0n) is 43.3. The van der Waals surface area contributed by atoms with Gasteiger partial charge in [0.2, 0.25) is 0 Å². The van der Waals surface area contributed by atoms with Crippen molar-refractivity contribution < 1.29 is 57.4 Å². The van der Waals surface area contributed by atoms with Crippen molar-refractivity contribution in [3.63, 3.8) is 0 Å². The molecule has 1 aromatic heterocycles. The van der Waals surface area contributed by atoms with Gasteiger partial charge in [0.15, 0.2) is 0 Å². The second kappa shape index (κ2) is 28.2. The highest BCUT2D eigenvalue weighted by Crippen LogP contribution is 2.38. The van der Waals surface area contributed by atoms with E-state index in [1.54, 1.807) is 42.6 Å². The molecule has 0 saturated heterocycles. The van der Waals surface area contributed by atoms with Crippen molar-refractivity contribution in [1.29, 1.82) is 0 Å². The average molecular weight is 1120 g/mol. The van der Waals surface area contributed by atoms with Crippen LogP contribution in [-0.2, 0) is 62.0 Å². The molecule has 0 unspecified atom stereocenters. The Labute approximate surface area is 455 Å². The molecular formula is C55H65Cl2N5O12S2. The third kappa shape index (κ3) is 18.5. The van der Waals surface area contributed by atoms with Gasteiger partial charge in [-0.25, -0.2) is 8.42 Å². The average Bonchev–Trinajstić information content (AvgIpc) is 3.35. The summed E-state index contributed by atoms with van der Waals surface area (Å²) in [5.74, 6) is -0.941. The van der Waals surface area contributed by atoms with Gasteiger partial charge in [0.25, 0.3) is 0 Å². The van der Waals surface area contributed by atoms with Gasteiger partial charge < -0.3 is 50.0 Å². The van der Waals surface area contributed by atoms with E-state index in [-0.39, 0.29) is 75.6 Å². The Hall–Kier alpha value is -6.29. The molecule has 4 aromatic carbocycles. The molecule has 0 aliphatic carbocycles. The minimum Gasteiger partial charge on any atom is -0.488 e. The fourth-order valence-corrected chi connectivity index (χ4v) is 9.38. The number of pyridine rings is 1. The van der Waals surface area contributed by atoms with Gasteiger partial charge in [-0.2, -0.15) is 8.73 Å². The summed E-state index contributed by atoms with van der Waals surface area (Å²) in [6.45, 7) is 11.5. The molecule has 0 spiro atoms. The monoisotopic (exact) mass is 1120 g/mol. The topological polar surface area (TPSA) is 248 Å². The summed E-state index contributed by atoms with van der Waals surface area (Å²) in [4.78, 5) is 28.0. The molecule has 0 fully saturated rings. The summed E-state index contributed by atoms with van der Waals surface area (Å²) in [7, 11) is -4.92. The summed E-state index contributed by atoms with van der Waals surface area (Å²) in [6, 6.07) is 18.0. The number of hydrogen-bond acceptors (Lipinski definition) is 15. The van der Waals surface area contributed by atoms with Crippen molar-refractivity contribution in [3.05, 3.63) is 165 Å². The van der Waals surface area contributed by atoms with E-state index in [0.29, 0.717) is 56.6 Å². The molecule has 0 aliphatic rings. The maximum Gasteiger partial charge on any atom is 0.320 e. The molecular weight excluding hydrogens is 1060 g/mol. The predicted molar refractivity (Wildman–Crippen MR) is 299 cm³/mol. The Morgan fingerprint density at radius 2 is 1.18 bits per heavy atom. The second-order valence-corrected chi connectivity index (χ2v) is 24.1. The van der Waals surface area contributed by atoms with E-state index in [4.69, 9.17) is 42.1 Å². The molecule has 0 aliphatic heterocycles. The maximum absolute atomic E-state index is 12.4. The van der Waals surface area contributed by atoms with Crippen LogP contribution in [0, 0.1) is 13.8 Å². The van der Waals surface area contributed by atoms with Crippen molar-refractivity contribution in [2.45, 2.75) is 71.7 Å². The zero-order chi connectivity index (χ0) is 55.7. The lowest BCUT2D eigenvalue weighted by Crippen LogP contribution is -2.37. The van der Waals surface area contributed by atoms with Gasteiger partial charge in [-0.15, -0.1) is 0 Å². The molecule has 17 nitrogen and oxygen atoms in total. The van der Waals surface area contributed by atoms with Crippen LogP contribution in [-0.4, -0.2) is 103 Å². The van der Waals surface area contributed by atoms with Crippen LogP contribution in [0.25, 0.3) is 11.1 Å². The van der Waals surface area contributed by atoms with E-state index in [0.717, 1.165) is 33.4 Å². The minimum atomic E-state index is -2.47. The Morgan fingerprint density at radius 3 is 1.63 bits per heavy atom. The van der Waals surface area contributed by atoms with Crippen molar-refractivity contribution >= 4 is 60.3 Å². The van der Waals surface area contributed by atoms with Gasteiger partial charge in [0.05, 0.1) is 27.6 Å². The van der Waals surface area contributed by atoms with Crippen LogP contribution in [0.3, 0.4) is 0 Å². The quantitative estimate of drug-likeness (QED) is 0.0244. The number of aromatic nitrogens is 1. The van der Waals surface area contributed by atoms with Crippen LogP contribution in [0.15, 0.2) is 124 Å². The summed E-state index contributed by atoms with van der Waals surface area (Å²) in [5, 5.41) is 44.7. The number of carboxylic acid groups (broad SMARTS) is 2. The molecule has 0 amide bonds. The number of benzene rings is 4. The van der Waals surface area contributed by atoms with Gasteiger partial charge in [0.1, 0.15) is 61.5 Å². The number of halogens is 2. The smallest absolute Gasteiger partial charge is 0.320 e. The van der Waals surface area contributed by atoms with Crippen molar-refractivity contribution in [2.75, 3.05) is 44.8 Å². The summed E-state index contributed by atoms with van der Waals surface area (Å²) >= 11 is 13.7. The Morgan fingerprint density at radius 1 is 0.697 bits per heavy atom. The molecule has 76 heavy (non-hydrogen) atoms. The van der Waals surface area contributed by atoms with E-state index in [1.807, 2.05) is 50.2 Å².